The predicted octanol–water partition coefficient (Wildman–Crippen LogP) is 6.50. The van der Waals surface area contributed by atoms with Crippen LogP contribution in [0.25, 0.3) is 0 Å². The van der Waals surface area contributed by atoms with Crippen LogP contribution < -0.4 is 0 Å². The highest BCUT2D eigenvalue weighted by Gasteiger charge is 2.71. The molecule has 3 N–H and O–H groups in total. The molecule has 0 unspecified atom stereocenters. The molecule has 10 atom stereocenters. The van der Waals surface area contributed by atoms with Gasteiger partial charge in [-0.1, -0.05) is 46.3 Å². The SMILES string of the molecule is CC(C)=CCC[C@@](C)(O)[C@H]1CC[C@@]2(C)[C@@H]1[C@H](O)C[C@@H]1[C@@]3(C)CC[C@H](O)C(C)(C)[C@H]3CC[C@@]12C. The fraction of sp³-hybridized carbons (Fsp3) is 0.933. The molecule has 0 radical (unpaired) electrons. The zero-order valence-corrected chi connectivity index (χ0v) is 22.7. The number of aliphatic hydroxyl groups excluding tert-OH is 2. The van der Waals surface area contributed by atoms with Crippen LogP contribution in [0.5, 0.6) is 0 Å². The molecule has 3 nitrogen and oxygen atoms in total. The minimum Gasteiger partial charge on any atom is -0.393 e. The van der Waals surface area contributed by atoms with Gasteiger partial charge in [-0.05, 0) is 124 Å². The van der Waals surface area contributed by atoms with Crippen LogP contribution in [0.1, 0.15) is 113 Å². The number of hydrogen-bond acceptors (Lipinski definition) is 3. The Kier molecular flexibility index (Phi) is 6.28. The molecule has 0 aromatic carbocycles. The minimum absolute atomic E-state index is 0.0503. The Labute approximate surface area is 203 Å². The predicted molar refractivity (Wildman–Crippen MR) is 136 cm³/mol. The Balaban J connectivity index is 1.66. The molecular weight excluding hydrogens is 408 g/mol. The molecule has 0 heterocycles. The van der Waals surface area contributed by atoms with Crippen LogP contribution in [0.2, 0.25) is 0 Å². The molecule has 0 spiro atoms. The van der Waals surface area contributed by atoms with E-state index in [0.717, 1.165) is 44.9 Å². The number of aliphatic hydroxyl groups is 3. The average molecular weight is 461 g/mol. The van der Waals surface area contributed by atoms with Crippen LogP contribution in [0.3, 0.4) is 0 Å². The van der Waals surface area contributed by atoms with E-state index in [2.05, 4.69) is 54.5 Å². The van der Waals surface area contributed by atoms with Gasteiger partial charge in [0.2, 0.25) is 0 Å². The van der Waals surface area contributed by atoms with Crippen LogP contribution in [0.4, 0.5) is 0 Å². The van der Waals surface area contributed by atoms with Gasteiger partial charge >= 0.3 is 0 Å². The lowest BCUT2D eigenvalue weighted by molar-refractivity contribution is -0.246. The number of allylic oxidation sites excluding steroid dienone is 2. The third-order valence-corrected chi connectivity index (χ3v) is 12.4. The van der Waals surface area contributed by atoms with Crippen LogP contribution in [0.15, 0.2) is 11.6 Å². The van der Waals surface area contributed by atoms with Crippen molar-refractivity contribution >= 4 is 0 Å². The molecular formula is C30H52O3. The summed E-state index contributed by atoms with van der Waals surface area (Å²) in [7, 11) is 0. The summed E-state index contributed by atoms with van der Waals surface area (Å²) in [5.41, 5.74) is 0.885. The summed E-state index contributed by atoms with van der Waals surface area (Å²) >= 11 is 0. The summed E-state index contributed by atoms with van der Waals surface area (Å²) < 4.78 is 0. The van der Waals surface area contributed by atoms with Gasteiger partial charge < -0.3 is 15.3 Å². The quantitative estimate of drug-likeness (QED) is 0.420. The first kappa shape index (κ1) is 25.7. The third-order valence-electron chi connectivity index (χ3n) is 12.4. The molecule has 0 amide bonds. The highest BCUT2D eigenvalue weighted by Crippen LogP contribution is 2.75. The van der Waals surface area contributed by atoms with Crippen LogP contribution in [-0.2, 0) is 0 Å². The second kappa shape index (κ2) is 8.07. The van der Waals surface area contributed by atoms with Crippen molar-refractivity contribution in [3.63, 3.8) is 0 Å². The van der Waals surface area contributed by atoms with E-state index in [0.29, 0.717) is 11.8 Å². The van der Waals surface area contributed by atoms with Crippen molar-refractivity contribution in [2.75, 3.05) is 0 Å². The van der Waals surface area contributed by atoms with Gasteiger partial charge in [-0.15, -0.1) is 0 Å². The zero-order chi connectivity index (χ0) is 24.6. The Morgan fingerprint density at radius 1 is 0.909 bits per heavy atom. The average Bonchev–Trinajstić information content (AvgIpc) is 3.08. The zero-order valence-electron chi connectivity index (χ0n) is 22.7. The molecule has 0 aliphatic heterocycles. The van der Waals surface area contributed by atoms with Crippen molar-refractivity contribution in [3.05, 3.63) is 11.6 Å². The van der Waals surface area contributed by atoms with Crippen molar-refractivity contribution in [1.82, 2.24) is 0 Å². The van der Waals surface area contributed by atoms with Gasteiger partial charge in [0.1, 0.15) is 0 Å². The van der Waals surface area contributed by atoms with Crippen molar-refractivity contribution in [2.45, 2.75) is 131 Å². The standard InChI is InChI=1S/C30H52O3/c1-19(2)10-9-14-30(8,33)20-11-16-29(7)25(20)21(31)18-23-27(5)15-13-24(32)26(3,4)22(27)12-17-28(23,29)6/h10,20-25,31-33H,9,11-18H2,1-8H3/t20-,21+,22+,23+,24-,25-,27-,28-,29-,30+/m0/s1. The van der Waals surface area contributed by atoms with Crippen molar-refractivity contribution in [1.29, 1.82) is 0 Å². The summed E-state index contributed by atoms with van der Waals surface area (Å²) in [6, 6.07) is 0. The highest BCUT2D eigenvalue weighted by molar-refractivity contribution is 5.20. The fourth-order valence-corrected chi connectivity index (χ4v) is 10.3. The molecule has 4 rings (SSSR count). The molecule has 190 valence electrons. The van der Waals surface area contributed by atoms with Crippen molar-refractivity contribution in [3.8, 4) is 0 Å². The topological polar surface area (TPSA) is 60.7 Å². The lowest BCUT2D eigenvalue weighted by Crippen LogP contribution is -2.66. The Morgan fingerprint density at radius 2 is 1.55 bits per heavy atom. The second-order valence-corrected chi connectivity index (χ2v) is 14.5. The molecule has 33 heavy (non-hydrogen) atoms. The fourth-order valence-electron chi connectivity index (χ4n) is 10.3. The van der Waals surface area contributed by atoms with Crippen molar-refractivity contribution in [2.24, 2.45) is 45.3 Å². The van der Waals surface area contributed by atoms with E-state index < -0.39 is 5.60 Å². The molecule has 4 aliphatic rings. The lowest BCUT2D eigenvalue weighted by Gasteiger charge is -2.70. The van der Waals surface area contributed by atoms with Crippen LogP contribution in [0, 0.1) is 45.3 Å². The first-order valence-electron chi connectivity index (χ1n) is 13.8. The summed E-state index contributed by atoms with van der Waals surface area (Å²) in [5.74, 6) is 1.31. The summed E-state index contributed by atoms with van der Waals surface area (Å²) in [4.78, 5) is 0. The van der Waals surface area contributed by atoms with Crippen LogP contribution >= 0.6 is 0 Å². The van der Waals surface area contributed by atoms with E-state index in [4.69, 9.17) is 0 Å². The molecule has 0 aromatic rings. The molecule has 0 bridgehead atoms. The molecule has 4 aliphatic carbocycles. The molecule has 0 saturated heterocycles. The lowest BCUT2D eigenvalue weighted by atomic mass is 9.35. The summed E-state index contributed by atoms with van der Waals surface area (Å²) in [6.45, 7) is 18.3. The van der Waals surface area contributed by atoms with E-state index in [1.165, 1.54) is 18.4 Å². The minimum atomic E-state index is -0.739. The van der Waals surface area contributed by atoms with Crippen LogP contribution in [-0.4, -0.2) is 33.1 Å². The summed E-state index contributed by atoms with van der Waals surface area (Å²) in [5, 5.41) is 34.3. The van der Waals surface area contributed by atoms with Gasteiger partial charge in [-0.3, -0.25) is 0 Å². The largest absolute Gasteiger partial charge is 0.393 e. The molecule has 4 saturated carbocycles. The van der Waals surface area contributed by atoms with E-state index in [1.54, 1.807) is 0 Å². The molecule has 4 fully saturated rings. The van der Waals surface area contributed by atoms with Crippen molar-refractivity contribution < 1.29 is 15.3 Å². The van der Waals surface area contributed by atoms with E-state index >= 15 is 0 Å². The van der Waals surface area contributed by atoms with E-state index in [9.17, 15) is 15.3 Å². The monoisotopic (exact) mass is 460 g/mol. The molecule has 3 heteroatoms. The Hall–Kier alpha value is -0.380. The van der Waals surface area contributed by atoms with Gasteiger partial charge in [0, 0.05) is 0 Å². The van der Waals surface area contributed by atoms with E-state index in [1.807, 2.05) is 6.92 Å². The Morgan fingerprint density at radius 3 is 2.18 bits per heavy atom. The first-order valence-corrected chi connectivity index (χ1v) is 13.8. The second-order valence-electron chi connectivity index (χ2n) is 14.5. The Bertz CT molecular complexity index is 779. The first-order chi connectivity index (χ1) is 15.1. The maximum atomic E-state index is 11.8. The van der Waals surface area contributed by atoms with Gasteiger partial charge in [0.25, 0.3) is 0 Å². The highest BCUT2D eigenvalue weighted by atomic mass is 16.3. The normalized spacial score (nSPS) is 50.5. The maximum Gasteiger partial charge on any atom is 0.0654 e. The smallest absolute Gasteiger partial charge is 0.0654 e. The number of rotatable bonds is 4. The number of fused-ring (bicyclic) bond motifs is 5. The van der Waals surface area contributed by atoms with Gasteiger partial charge in [0.05, 0.1) is 17.8 Å². The third kappa shape index (κ3) is 3.61. The summed E-state index contributed by atoms with van der Waals surface area (Å²) in [6.07, 6.45) is 10.6. The number of hydrogen-bond donors (Lipinski definition) is 3. The van der Waals surface area contributed by atoms with E-state index in [-0.39, 0.29) is 45.7 Å². The maximum absolute atomic E-state index is 11.8. The van der Waals surface area contributed by atoms with Gasteiger partial charge in [-0.25, -0.2) is 0 Å². The van der Waals surface area contributed by atoms with Gasteiger partial charge in [0.15, 0.2) is 0 Å². The molecule has 0 aromatic heterocycles. The van der Waals surface area contributed by atoms with Gasteiger partial charge in [-0.2, -0.15) is 0 Å².